The molecular formula is C40H40Cl2N4O16Rh2S2. The Hall–Kier alpha value is -6.16. The number of benzene rings is 4. The van der Waals surface area contributed by atoms with Crippen LogP contribution in [0.1, 0.15) is 33.3 Å². The van der Waals surface area contributed by atoms with Gasteiger partial charge in [0.2, 0.25) is 20.8 Å². The predicted octanol–water partition coefficient (Wildman–Crippen LogP) is 6.67. The zero-order valence-electron chi connectivity index (χ0n) is 35.1. The van der Waals surface area contributed by atoms with Crippen LogP contribution in [0.15, 0.2) is 128 Å². The number of halogens is 2. The average Bonchev–Trinajstić information content (AvgIpc) is 3.67. The van der Waals surface area contributed by atoms with Crippen LogP contribution in [0.4, 0.5) is 0 Å². The van der Waals surface area contributed by atoms with Gasteiger partial charge in [0.05, 0.1) is 45.2 Å². The van der Waals surface area contributed by atoms with Gasteiger partial charge in [-0.3, -0.25) is 19.2 Å². The quantitative estimate of drug-likeness (QED) is 0.0356. The number of sulfone groups is 2. The number of carboxylic acids is 4. The molecule has 2 radical (unpaired) electrons. The van der Waals surface area contributed by atoms with E-state index < -0.39 is 54.6 Å². The fourth-order valence-corrected chi connectivity index (χ4v) is 6.44. The number of nitriles is 1. The van der Waals surface area contributed by atoms with Crippen molar-refractivity contribution < 1.29 is 119 Å². The number of methoxy groups -OCH3 is 2. The molecule has 5 aromatic rings. The van der Waals surface area contributed by atoms with Gasteiger partial charge in [-0.15, -0.1) is 4.79 Å². The Bertz CT molecular complexity index is 2580. The second-order valence-corrected chi connectivity index (χ2v) is 15.5. The SMILES string of the molecule is CC(=O)O.CC(=O)O.CC(=O)O.CC(=O)O.COC(=O)C(=[N+]=[N-])S(=O)(=O)c1ccccc1.COc1oc(-c2ccccc2Cl)nc1S(=O)(=O)c1ccccc1.N#Cc1ccccc1Cl.[Rh].[Rh]. The van der Waals surface area contributed by atoms with E-state index in [9.17, 15) is 21.6 Å². The molecule has 0 aliphatic rings. The molecule has 5 rings (SSSR count). The molecule has 0 aliphatic carbocycles. The van der Waals surface area contributed by atoms with Crippen molar-refractivity contribution in [2.45, 2.75) is 42.5 Å². The molecular weight excluding hydrogens is 1130 g/mol. The molecule has 20 nitrogen and oxygen atoms in total. The maximum atomic E-state index is 12.7. The van der Waals surface area contributed by atoms with Crippen molar-refractivity contribution in [3.63, 3.8) is 0 Å². The Morgan fingerprint density at radius 1 is 0.667 bits per heavy atom. The maximum Gasteiger partial charge on any atom is 0.493 e. The first kappa shape index (κ1) is 66.4. The van der Waals surface area contributed by atoms with Crippen molar-refractivity contribution >= 4 is 77.8 Å². The summed E-state index contributed by atoms with van der Waals surface area (Å²) in [5.74, 6) is -4.64. The first-order chi connectivity index (χ1) is 29.8. The van der Waals surface area contributed by atoms with Crippen LogP contribution in [0.3, 0.4) is 0 Å². The number of ether oxygens (including phenoxy) is 2. The van der Waals surface area contributed by atoms with Crippen molar-refractivity contribution in [3.05, 3.63) is 130 Å². The fourth-order valence-electron chi connectivity index (χ4n) is 3.61. The van der Waals surface area contributed by atoms with Crippen LogP contribution >= 0.6 is 23.2 Å². The second-order valence-electron chi connectivity index (χ2n) is 11.0. The second kappa shape index (κ2) is 35.1. The number of aromatic nitrogens is 1. The molecule has 4 aromatic carbocycles. The molecule has 0 atom stereocenters. The molecule has 0 fully saturated rings. The average molecular weight is 1170 g/mol. The van der Waals surface area contributed by atoms with Gasteiger partial charge in [0, 0.05) is 66.7 Å². The number of carboxylic acid groups (broad SMARTS) is 4. The number of hydrogen-bond donors (Lipinski definition) is 4. The summed E-state index contributed by atoms with van der Waals surface area (Å²) in [4.78, 5) is 53.6. The molecule has 1 aromatic heterocycles. The van der Waals surface area contributed by atoms with E-state index in [1.54, 1.807) is 72.8 Å². The molecule has 0 saturated carbocycles. The minimum absolute atomic E-state index is 0. The fraction of sp³-hybridized carbons (Fsp3) is 0.150. The zero-order chi connectivity index (χ0) is 49.6. The first-order valence-corrected chi connectivity index (χ1v) is 20.7. The third kappa shape index (κ3) is 26.6. The predicted molar refractivity (Wildman–Crippen MR) is 229 cm³/mol. The molecule has 0 bridgehead atoms. The van der Waals surface area contributed by atoms with Gasteiger partial charge < -0.3 is 39.8 Å². The van der Waals surface area contributed by atoms with Crippen LogP contribution in [0.25, 0.3) is 17.0 Å². The summed E-state index contributed by atoms with van der Waals surface area (Å²) >= 11 is 11.7. The summed E-state index contributed by atoms with van der Waals surface area (Å²) in [5, 5.41) is 37.7. The Kier molecular flexibility index (Phi) is 35.4. The van der Waals surface area contributed by atoms with Crippen LogP contribution in [-0.4, -0.2) is 96.1 Å². The third-order valence-electron chi connectivity index (χ3n) is 5.92. The van der Waals surface area contributed by atoms with Gasteiger partial charge in [0.25, 0.3) is 33.7 Å². The van der Waals surface area contributed by atoms with Gasteiger partial charge >= 0.3 is 17.0 Å². The van der Waals surface area contributed by atoms with Crippen molar-refractivity contribution in [2.24, 2.45) is 0 Å². The van der Waals surface area contributed by atoms with Crippen LogP contribution in [0, 0.1) is 11.3 Å². The summed E-state index contributed by atoms with van der Waals surface area (Å²) in [6, 6.07) is 30.9. The molecule has 26 heteroatoms. The molecule has 66 heavy (non-hydrogen) atoms. The Balaban J connectivity index is -0.000000388. The summed E-state index contributed by atoms with van der Waals surface area (Å²) in [5.41, 5.74) is 9.55. The number of nitrogens with zero attached hydrogens (tertiary/aromatic N) is 4. The van der Waals surface area contributed by atoms with E-state index in [2.05, 4.69) is 14.5 Å². The third-order valence-corrected chi connectivity index (χ3v) is 9.89. The number of carbonyl (C=O) groups is 5. The number of aliphatic carboxylic acids is 4. The van der Waals surface area contributed by atoms with Crippen molar-refractivity contribution in [1.82, 2.24) is 4.98 Å². The van der Waals surface area contributed by atoms with Crippen molar-refractivity contribution in [3.8, 4) is 23.5 Å². The summed E-state index contributed by atoms with van der Waals surface area (Å²) in [6.45, 7) is 4.33. The van der Waals surface area contributed by atoms with E-state index in [1.165, 1.54) is 43.5 Å². The molecule has 0 saturated heterocycles. The van der Waals surface area contributed by atoms with Gasteiger partial charge in [-0.2, -0.15) is 10.2 Å². The number of oxazole rings is 1. The van der Waals surface area contributed by atoms with Crippen molar-refractivity contribution in [2.75, 3.05) is 14.2 Å². The summed E-state index contributed by atoms with van der Waals surface area (Å²) < 4.78 is 63.6. The Labute approximate surface area is 414 Å². The number of esters is 1. The van der Waals surface area contributed by atoms with Gasteiger partial charge in [0.15, 0.2) is 0 Å². The van der Waals surface area contributed by atoms with Crippen LogP contribution in [0.5, 0.6) is 5.95 Å². The smallest absolute Gasteiger partial charge is 0.481 e. The van der Waals surface area contributed by atoms with E-state index >= 15 is 0 Å². The van der Waals surface area contributed by atoms with Gasteiger partial charge in [-0.25, -0.2) is 21.6 Å². The molecule has 0 aliphatic heterocycles. The summed E-state index contributed by atoms with van der Waals surface area (Å²) in [7, 11) is -5.68. The number of rotatable bonds is 5. The van der Waals surface area contributed by atoms with Crippen LogP contribution < -0.4 is 4.74 Å². The van der Waals surface area contributed by atoms with E-state index in [0.717, 1.165) is 34.8 Å². The van der Waals surface area contributed by atoms with Gasteiger partial charge in [0.1, 0.15) is 6.07 Å². The zero-order valence-corrected chi connectivity index (χ0v) is 41.5. The number of hydrogen-bond acceptors (Lipinski definition) is 14. The normalized spacial score (nSPS) is 9.14. The molecule has 0 spiro atoms. The summed E-state index contributed by atoms with van der Waals surface area (Å²) in [6.07, 6.45) is 0. The van der Waals surface area contributed by atoms with Gasteiger partial charge in [-0.1, -0.05) is 83.9 Å². The Morgan fingerprint density at radius 3 is 1.39 bits per heavy atom. The molecule has 4 N–H and O–H groups in total. The minimum atomic E-state index is -4.14. The number of carbonyl (C=O) groups excluding carboxylic acids is 1. The van der Waals surface area contributed by atoms with E-state index in [-0.39, 0.29) is 65.6 Å². The molecule has 0 unspecified atom stereocenters. The largest absolute Gasteiger partial charge is 0.493 e. The van der Waals surface area contributed by atoms with Crippen molar-refractivity contribution in [1.29, 1.82) is 5.26 Å². The van der Waals surface area contributed by atoms with E-state index in [1.807, 2.05) is 6.07 Å². The topological polar surface area (TPSA) is 339 Å². The minimum Gasteiger partial charge on any atom is -0.481 e. The standard InChI is InChI=1S/C16H12ClNO4S.C9H8N2O4S.C7H4ClN.4C2H4O2.2Rh/c1-21-16-15(23(19,20)11-7-3-2-4-8-11)18-14(22-16)12-9-5-6-10-13(12)17;1-15-9(12)8(11-10)16(13,14)7-5-3-2-4-6-7;8-7-4-2-1-3-6(7)5-9;4*1-2(3)4;;/h2-10H,1H3;2-6H,1H3;1-4H;4*1H3,(H,3,4);;. The molecule has 360 valence electrons. The first-order valence-electron chi connectivity index (χ1n) is 17.0. The molecule has 0 amide bonds. The van der Waals surface area contributed by atoms with Crippen LogP contribution in [-0.2, 0) is 87.3 Å². The maximum absolute atomic E-state index is 12.7. The van der Waals surface area contributed by atoms with E-state index in [0.29, 0.717) is 21.2 Å². The Morgan fingerprint density at radius 2 is 1.05 bits per heavy atom. The van der Waals surface area contributed by atoms with Crippen LogP contribution in [0.2, 0.25) is 10.0 Å². The van der Waals surface area contributed by atoms with Gasteiger partial charge in [-0.05, 0) is 48.5 Å². The monoisotopic (exact) mass is 1170 g/mol. The molecule has 1 heterocycles. The van der Waals surface area contributed by atoms with E-state index in [4.69, 9.17) is 82.8 Å².